The van der Waals surface area contributed by atoms with Crippen LogP contribution in [0.3, 0.4) is 0 Å². The molecule has 0 amide bonds. The van der Waals surface area contributed by atoms with Crippen molar-refractivity contribution in [3.8, 4) is 0 Å². The van der Waals surface area contributed by atoms with E-state index < -0.39 is 0 Å². The average Bonchev–Trinajstić information content (AvgIpc) is 3.04. The zero-order valence-electron chi connectivity index (χ0n) is 15.6. The van der Waals surface area contributed by atoms with E-state index in [0.29, 0.717) is 23.7 Å². The summed E-state index contributed by atoms with van der Waals surface area (Å²) in [4.78, 5) is 29.1. The first-order valence-electron chi connectivity index (χ1n) is 10.1. The molecule has 0 N–H and O–H groups in total. The van der Waals surface area contributed by atoms with Crippen LogP contribution < -0.4 is 0 Å². The number of methoxy groups -OCH3 is 1. The Balaban J connectivity index is 1.27. The highest BCUT2D eigenvalue weighted by atomic mass is 32.1. The molecule has 0 atom stereocenters. The molecular formula is C22H25NO3S. The Kier molecular flexibility index (Phi) is 4.30. The van der Waals surface area contributed by atoms with Gasteiger partial charge in [-0.15, -0.1) is 11.3 Å². The smallest absolute Gasteiger partial charge is 0.337 e. The number of fused-ring (bicyclic) bond motifs is 1. The molecular weight excluding hydrogens is 358 g/mol. The molecule has 142 valence electrons. The maximum Gasteiger partial charge on any atom is 0.337 e. The lowest BCUT2D eigenvalue weighted by atomic mass is 9.51. The lowest BCUT2D eigenvalue weighted by molar-refractivity contribution is -0.123. The number of hydrogen-bond donors (Lipinski definition) is 0. The monoisotopic (exact) mass is 383 g/mol. The van der Waals surface area contributed by atoms with Gasteiger partial charge in [-0.2, -0.15) is 0 Å². The van der Waals surface area contributed by atoms with E-state index in [2.05, 4.69) is 4.98 Å². The average molecular weight is 384 g/mol. The number of ketones is 1. The summed E-state index contributed by atoms with van der Waals surface area (Å²) in [6.45, 7) is 0. The van der Waals surface area contributed by atoms with Crippen LogP contribution in [0.1, 0.15) is 53.9 Å². The minimum absolute atomic E-state index is 0.333. The number of carbonyl (C=O) groups excluding carboxylic acids is 2. The zero-order valence-corrected chi connectivity index (χ0v) is 16.5. The topological polar surface area (TPSA) is 56.3 Å². The van der Waals surface area contributed by atoms with Crippen LogP contribution in [-0.2, 0) is 16.0 Å². The molecule has 5 heteroatoms. The van der Waals surface area contributed by atoms with E-state index in [1.807, 2.05) is 12.1 Å². The maximum absolute atomic E-state index is 12.8. The molecule has 27 heavy (non-hydrogen) atoms. The van der Waals surface area contributed by atoms with Gasteiger partial charge in [0.1, 0.15) is 10.8 Å². The molecule has 1 aromatic heterocycles. The van der Waals surface area contributed by atoms with E-state index in [1.165, 1.54) is 50.6 Å². The van der Waals surface area contributed by atoms with Crippen molar-refractivity contribution in [1.29, 1.82) is 0 Å². The minimum Gasteiger partial charge on any atom is -0.465 e. The van der Waals surface area contributed by atoms with Crippen molar-refractivity contribution in [3.63, 3.8) is 0 Å². The van der Waals surface area contributed by atoms with Gasteiger partial charge in [0.25, 0.3) is 0 Å². The van der Waals surface area contributed by atoms with Crippen molar-refractivity contribution in [2.45, 2.75) is 44.9 Å². The van der Waals surface area contributed by atoms with Crippen LogP contribution in [0.4, 0.5) is 0 Å². The van der Waals surface area contributed by atoms with Crippen LogP contribution in [0.15, 0.2) is 18.2 Å². The third-order valence-corrected chi connectivity index (χ3v) is 8.11. The first kappa shape index (κ1) is 17.4. The Morgan fingerprint density at radius 2 is 1.81 bits per heavy atom. The molecule has 4 saturated carbocycles. The molecule has 0 radical (unpaired) electrons. The molecule has 4 aliphatic rings. The van der Waals surface area contributed by atoms with Crippen molar-refractivity contribution >= 4 is 33.3 Å². The van der Waals surface area contributed by atoms with Crippen LogP contribution in [0.2, 0.25) is 0 Å². The second-order valence-corrected chi connectivity index (χ2v) is 9.91. The predicted molar refractivity (Wildman–Crippen MR) is 105 cm³/mol. The van der Waals surface area contributed by atoms with Crippen molar-refractivity contribution < 1.29 is 14.3 Å². The summed E-state index contributed by atoms with van der Waals surface area (Å²) in [5.74, 6) is 4.10. The van der Waals surface area contributed by atoms with Gasteiger partial charge in [0.15, 0.2) is 0 Å². The van der Waals surface area contributed by atoms with Crippen LogP contribution >= 0.6 is 11.3 Å². The molecule has 0 spiro atoms. The van der Waals surface area contributed by atoms with Gasteiger partial charge >= 0.3 is 5.97 Å². The summed E-state index contributed by atoms with van der Waals surface area (Å²) >= 11 is 1.52. The number of hydrogen-bond acceptors (Lipinski definition) is 5. The summed E-state index contributed by atoms with van der Waals surface area (Å²) in [7, 11) is 1.38. The Bertz CT molecular complexity index is 874. The van der Waals surface area contributed by atoms with E-state index in [-0.39, 0.29) is 5.97 Å². The second kappa shape index (κ2) is 6.69. The minimum atomic E-state index is -0.343. The number of carbonyl (C=O) groups is 2. The molecule has 0 unspecified atom stereocenters. The van der Waals surface area contributed by atoms with Crippen molar-refractivity contribution in [1.82, 2.24) is 4.98 Å². The maximum atomic E-state index is 12.8. The van der Waals surface area contributed by atoms with E-state index in [9.17, 15) is 9.59 Å². The highest BCUT2D eigenvalue weighted by Crippen LogP contribution is 2.57. The fourth-order valence-electron chi connectivity index (χ4n) is 6.17. The molecule has 0 saturated heterocycles. The predicted octanol–water partition coefficient (Wildman–Crippen LogP) is 4.66. The Hall–Kier alpha value is -1.75. The number of ether oxygens (including phenoxy) is 1. The third-order valence-electron chi connectivity index (χ3n) is 7.09. The molecule has 0 aliphatic heterocycles. The molecule has 4 bridgehead atoms. The Labute approximate surface area is 163 Å². The SMILES string of the molecule is COC(=O)c1ccc2nc(CC(=O)CC3C4CC5CC(C4)CC3C5)sc2c1. The van der Waals surface area contributed by atoms with Gasteiger partial charge in [-0.05, 0) is 79.9 Å². The molecule has 1 heterocycles. The molecule has 2 aromatic rings. The molecule has 1 aromatic carbocycles. The summed E-state index contributed by atoms with van der Waals surface area (Å²) < 4.78 is 5.72. The number of nitrogens with zero attached hydrogens (tertiary/aromatic N) is 1. The lowest BCUT2D eigenvalue weighted by Gasteiger charge is -2.54. The first-order valence-corrected chi connectivity index (χ1v) is 10.9. The van der Waals surface area contributed by atoms with Gasteiger partial charge in [-0.25, -0.2) is 9.78 Å². The van der Waals surface area contributed by atoms with Gasteiger partial charge in [0.2, 0.25) is 0 Å². The van der Waals surface area contributed by atoms with Crippen molar-refractivity contribution in [2.75, 3.05) is 7.11 Å². The quantitative estimate of drug-likeness (QED) is 0.705. The first-order chi connectivity index (χ1) is 13.1. The van der Waals surface area contributed by atoms with Crippen molar-refractivity contribution in [3.05, 3.63) is 28.8 Å². The van der Waals surface area contributed by atoms with Gasteiger partial charge < -0.3 is 4.74 Å². The van der Waals surface area contributed by atoms with Gasteiger partial charge in [-0.3, -0.25) is 4.79 Å². The Morgan fingerprint density at radius 1 is 1.11 bits per heavy atom. The number of Topliss-reactive ketones (excluding diaryl/α,β-unsaturated/α-hetero) is 1. The van der Waals surface area contributed by atoms with Crippen LogP contribution in [-0.4, -0.2) is 23.8 Å². The summed E-state index contributed by atoms with van der Waals surface area (Å²) in [6.07, 6.45) is 8.07. The van der Waals surface area contributed by atoms with Crippen molar-refractivity contribution in [2.24, 2.45) is 29.6 Å². The van der Waals surface area contributed by atoms with E-state index in [4.69, 9.17) is 4.74 Å². The van der Waals surface area contributed by atoms with E-state index in [1.54, 1.807) is 6.07 Å². The number of esters is 1. The molecule has 4 nitrogen and oxygen atoms in total. The number of aromatic nitrogens is 1. The van der Waals surface area contributed by atoms with E-state index in [0.717, 1.165) is 45.3 Å². The fourth-order valence-corrected chi connectivity index (χ4v) is 7.20. The van der Waals surface area contributed by atoms with Gasteiger partial charge in [0.05, 0.1) is 29.3 Å². The molecule has 4 aliphatic carbocycles. The van der Waals surface area contributed by atoms with Crippen LogP contribution in [0.5, 0.6) is 0 Å². The standard InChI is InChI=1S/C22H25NO3S/c1-26-22(25)14-2-3-19-20(9-14)27-21(23-19)11-17(24)10-18-15-5-12-4-13(7-15)8-16(18)6-12/h2-3,9,12-13,15-16,18H,4-8,10-11H2,1H3. The molecule has 4 fully saturated rings. The van der Waals surface area contributed by atoms with Gasteiger partial charge in [0, 0.05) is 6.42 Å². The van der Waals surface area contributed by atoms with Crippen LogP contribution in [0, 0.1) is 29.6 Å². The third kappa shape index (κ3) is 3.20. The fraction of sp³-hybridized carbons (Fsp3) is 0.591. The summed E-state index contributed by atoms with van der Waals surface area (Å²) in [5, 5.41) is 0.862. The number of rotatable bonds is 5. The number of benzene rings is 1. The Morgan fingerprint density at radius 3 is 2.48 bits per heavy atom. The van der Waals surface area contributed by atoms with E-state index >= 15 is 0 Å². The largest absolute Gasteiger partial charge is 0.465 e. The summed E-state index contributed by atoms with van der Waals surface area (Å²) in [5.41, 5.74) is 1.38. The highest BCUT2D eigenvalue weighted by Gasteiger charge is 2.48. The number of thiazole rings is 1. The normalized spacial score (nSPS) is 31.4. The zero-order chi connectivity index (χ0) is 18.5. The van der Waals surface area contributed by atoms with Crippen LogP contribution in [0.25, 0.3) is 10.2 Å². The second-order valence-electron chi connectivity index (χ2n) is 8.80. The highest BCUT2D eigenvalue weighted by molar-refractivity contribution is 7.18. The van der Waals surface area contributed by atoms with Gasteiger partial charge in [-0.1, -0.05) is 0 Å². The molecule has 6 rings (SSSR count). The lowest BCUT2D eigenvalue weighted by Crippen LogP contribution is -2.45. The summed E-state index contributed by atoms with van der Waals surface area (Å²) in [6, 6.07) is 5.38.